The van der Waals surface area contributed by atoms with Crippen molar-refractivity contribution >= 4 is 29.0 Å². The molecule has 3 N–H and O–H groups in total. The van der Waals surface area contributed by atoms with Gasteiger partial charge in [-0.25, -0.2) is 0 Å². The Bertz CT molecular complexity index is 836. The molecule has 0 aliphatic rings. The van der Waals surface area contributed by atoms with E-state index < -0.39 is 0 Å². The normalized spacial score (nSPS) is 10.2. The van der Waals surface area contributed by atoms with E-state index in [-0.39, 0.29) is 5.91 Å². The van der Waals surface area contributed by atoms with Gasteiger partial charge in [-0.3, -0.25) is 4.79 Å². The van der Waals surface area contributed by atoms with Crippen LogP contribution in [0.2, 0.25) is 0 Å². The summed E-state index contributed by atoms with van der Waals surface area (Å²) in [6, 6.07) is 24.3. The number of carbonyl (C=O) groups is 1. The van der Waals surface area contributed by atoms with Gasteiger partial charge in [0.05, 0.1) is 5.75 Å². The highest BCUT2D eigenvalue weighted by Gasteiger charge is 2.05. The lowest BCUT2D eigenvalue weighted by molar-refractivity contribution is -0.113. The van der Waals surface area contributed by atoms with E-state index in [0.717, 1.165) is 22.1 Å². The highest BCUT2D eigenvalue weighted by Crippen LogP contribution is 2.23. The number of ether oxygens (including phenoxy) is 1. The topological polar surface area (TPSA) is 64.4 Å². The van der Waals surface area contributed by atoms with Crippen LogP contribution >= 0.6 is 11.8 Å². The van der Waals surface area contributed by atoms with E-state index in [9.17, 15) is 4.79 Å². The molecule has 0 aliphatic heterocycles. The molecule has 0 saturated carbocycles. The first-order valence-electron chi connectivity index (χ1n) is 7.80. The molecule has 0 radical (unpaired) electrons. The zero-order chi connectivity index (χ0) is 17.5. The van der Waals surface area contributed by atoms with Crippen molar-refractivity contribution in [1.82, 2.24) is 0 Å². The number of nitrogens with one attached hydrogen (secondary N) is 1. The Kier molecular flexibility index (Phi) is 5.59. The van der Waals surface area contributed by atoms with E-state index in [1.165, 1.54) is 11.8 Å². The maximum Gasteiger partial charge on any atom is 0.234 e. The smallest absolute Gasteiger partial charge is 0.234 e. The van der Waals surface area contributed by atoms with E-state index in [4.69, 9.17) is 10.5 Å². The van der Waals surface area contributed by atoms with Crippen LogP contribution in [0.3, 0.4) is 0 Å². The summed E-state index contributed by atoms with van der Waals surface area (Å²) in [5, 5.41) is 2.87. The molecule has 126 valence electrons. The maximum atomic E-state index is 12.1. The number of benzene rings is 3. The lowest BCUT2D eigenvalue weighted by atomic mass is 10.3. The van der Waals surface area contributed by atoms with Crippen molar-refractivity contribution in [2.45, 2.75) is 4.90 Å². The van der Waals surface area contributed by atoms with Gasteiger partial charge in [0.1, 0.15) is 11.5 Å². The molecule has 0 heterocycles. The highest BCUT2D eigenvalue weighted by atomic mass is 32.2. The Morgan fingerprint density at radius 3 is 2.36 bits per heavy atom. The third-order valence-electron chi connectivity index (χ3n) is 3.35. The molecule has 0 atom stereocenters. The van der Waals surface area contributed by atoms with Crippen LogP contribution in [-0.4, -0.2) is 11.7 Å². The van der Waals surface area contributed by atoms with Gasteiger partial charge in [0.25, 0.3) is 0 Å². The summed E-state index contributed by atoms with van der Waals surface area (Å²) in [6.07, 6.45) is 0. The second kappa shape index (κ2) is 8.26. The Labute approximate surface area is 151 Å². The SMILES string of the molecule is Nc1cccc(SCC(=O)Nc2ccc(Oc3ccccc3)cc2)c1. The molecule has 25 heavy (non-hydrogen) atoms. The van der Waals surface area contributed by atoms with Gasteiger partial charge in [-0.15, -0.1) is 11.8 Å². The number of thioether (sulfide) groups is 1. The second-order valence-electron chi connectivity index (χ2n) is 5.35. The van der Waals surface area contributed by atoms with Gasteiger partial charge in [-0.05, 0) is 54.6 Å². The van der Waals surface area contributed by atoms with Gasteiger partial charge >= 0.3 is 0 Å². The summed E-state index contributed by atoms with van der Waals surface area (Å²) in [5.74, 6) is 1.76. The molecule has 0 spiro atoms. The highest BCUT2D eigenvalue weighted by molar-refractivity contribution is 8.00. The molecule has 1 amide bonds. The first kappa shape index (κ1) is 16.9. The number of rotatable bonds is 6. The Balaban J connectivity index is 1.51. The maximum absolute atomic E-state index is 12.1. The number of para-hydroxylation sites is 1. The predicted octanol–water partition coefficient (Wildman–Crippen LogP) is 4.79. The third-order valence-corrected chi connectivity index (χ3v) is 4.34. The summed E-state index contributed by atoms with van der Waals surface area (Å²) in [6.45, 7) is 0. The average molecular weight is 350 g/mol. The van der Waals surface area contributed by atoms with Gasteiger partial charge in [-0.2, -0.15) is 0 Å². The quantitative estimate of drug-likeness (QED) is 0.495. The summed E-state index contributed by atoms with van der Waals surface area (Å²) < 4.78 is 5.73. The molecule has 0 bridgehead atoms. The number of amides is 1. The standard InChI is InChI=1S/C20H18N2O2S/c21-15-5-4-8-19(13-15)25-14-20(23)22-16-9-11-18(12-10-16)24-17-6-2-1-3-7-17/h1-13H,14,21H2,(H,22,23). The fourth-order valence-corrected chi connectivity index (χ4v) is 2.95. The monoisotopic (exact) mass is 350 g/mol. The van der Waals surface area contributed by atoms with Crippen LogP contribution in [0.25, 0.3) is 0 Å². The first-order chi connectivity index (χ1) is 12.2. The Hall–Kier alpha value is -2.92. The van der Waals surface area contributed by atoms with E-state index in [1.54, 1.807) is 0 Å². The summed E-state index contributed by atoms with van der Waals surface area (Å²) in [7, 11) is 0. The van der Waals surface area contributed by atoms with Gasteiger partial charge in [0.15, 0.2) is 0 Å². The molecule has 3 aromatic carbocycles. The zero-order valence-electron chi connectivity index (χ0n) is 13.5. The van der Waals surface area contributed by atoms with Gasteiger partial charge in [0, 0.05) is 16.3 Å². The van der Waals surface area contributed by atoms with Crippen LogP contribution in [-0.2, 0) is 4.79 Å². The van der Waals surface area contributed by atoms with Crippen LogP contribution in [0.1, 0.15) is 0 Å². The number of nitrogen functional groups attached to an aromatic ring is 1. The number of nitrogens with two attached hydrogens (primary N) is 1. The number of hydrogen-bond donors (Lipinski definition) is 2. The van der Waals surface area contributed by atoms with Crippen molar-refractivity contribution in [2.24, 2.45) is 0 Å². The minimum absolute atomic E-state index is 0.0656. The Morgan fingerprint density at radius 1 is 0.920 bits per heavy atom. The van der Waals surface area contributed by atoms with E-state index in [0.29, 0.717) is 11.4 Å². The van der Waals surface area contributed by atoms with Gasteiger partial charge < -0.3 is 15.8 Å². The number of carbonyl (C=O) groups excluding carboxylic acids is 1. The van der Waals surface area contributed by atoms with Crippen LogP contribution in [0.15, 0.2) is 83.8 Å². The fraction of sp³-hybridized carbons (Fsp3) is 0.0500. The molecule has 0 aliphatic carbocycles. The number of hydrogen-bond acceptors (Lipinski definition) is 4. The minimum Gasteiger partial charge on any atom is -0.457 e. The second-order valence-corrected chi connectivity index (χ2v) is 6.40. The lowest BCUT2D eigenvalue weighted by Gasteiger charge is -2.08. The van der Waals surface area contributed by atoms with Crippen LogP contribution in [0.4, 0.5) is 11.4 Å². The van der Waals surface area contributed by atoms with Crippen molar-refractivity contribution in [3.63, 3.8) is 0 Å². The van der Waals surface area contributed by atoms with Crippen molar-refractivity contribution in [2.75, 3.05) is 16.8 Å². The largest absolute Gasteiger partial charge is 0.457 e. The van der Waals surface area contributed by atoms with Crippen LogP contribution in [0.5, 0.6) is 11.5 Å². The summed E-state index contributed by atoms with van der Waals surface area (Å²) in [5.41, 5.74) is 7.16. The van der Waals surface area contributed by atoms with E-state index in [2.05, 4.69) is 5.32 Å². The summed E-state index contributed by atoms with van der Waals surface area (Å²) >= 11 is 1.45. The Morgan fingerprint density at radius 2 is 1.64 bits per heavy atom. The molecule has 3 rings (SSSR count). The van der Waals surface area contributed by atoms with Crippen LogP contribution in [0, 0.1) is 0 Å². The molecule has 5 heteroatoms. The first-order valence-corrected chi connectivity index (χ1v) is 8.79. The fourth-order valence-electron chi connectivity index (χ4n) is 2.18. The molecule has 0 saturated heterocycles. The molecule has 0 aromatic heterocycles. The molecular weight excluding hydrogens is 332 g/mol. The zero-order valence-corrected chi connectivity index (χ0v) is 14.3. The lowest BCUT2D eigenvalue weighted by Crippen LogP contribution is -2.13. The minimum atomic E-state index is -0.0656. The summed E-state index contributed by atoms with van der Waals surface area (Å²) in [4.78, 5) is 13.0. The van der Waals surface area contributed by atoms with E-state index >= 15 is 0 Å². The molecule has 0 fully saturated rings. The molecule has 4 nitrogen and oxygen atoms in total. The molecule has 3 aromatic rings. The van der Waals surface area contributed by atoms with Crippen molar-refractivity contribution in [3.05, 3.63) is 78.9 Å². The third kappa shape index (κ3) is 5.29. The van der Waals surface area contributed by atoms with E-state index in [1.807, 2.05) is 78.9 Å². The molecular formula is C20H18N2O2S. The van der Waals surface area contributed by atoms with Crippen molar-refractivity contribution in [3.8, 4) is 11.5 Å². The number of anilines is 2. The molecule has 0 unspecified atom stereocenters. The van der Waals surface area contributed by atoms with Crippen molar-refractivity contribution < 1.29 is 9.53 Å². The van der Waals surface area contributed by atoms with Gasteiger partial charge in [0.2, 0.25) is 5.91 Å². The van der Waals surface area contributed by atoms with Crippen LogP contribution < -0.4 is 15.8 Å². The van der Waals surface area contributed by atoms with Gasteiger partial charge in [-0.1, -0.05) is 24.3 Å². The average Bonchev–Trinajstić information content (AvgIpc) is 2.63. The van der Waals surface area contributed by atoms with Crippen molar-refractivity contribution in [1.29, 1.82) is 0 Å². The predicted molar refractivity (Wildman–Crippen MR) is 103 cm³/mol.